The maximum atomic E-state index is 12.9. The molecular weight excluding hydrogens is 496 g/mol. The van der Waals surface area contributed by atoms with Gasteiger partial charge in [-0.25, -0.2) is 9.97 Å². The van der Waals surface area contributed by atoms with Gasteiger partial charge in [-0.3, -0.25) is 9.59 Å². The summed E-state index contributed by atoms with van der Waals surface area (Å²) in [4.78, 5) is 38.5. The fraction of sp³-hybridized carbons (Fsp3) is 0.310. The number of nitrogens with zero attached hydrogens (tertiary/aromatic N) is 3. The van der Waals surface area contributed by atoms with Gasteiger partial charge in [0.2, 0.25) is 0 Å². The zero-order valence-corrected chi connectivity index (χ0v) is 22.3. The monoisotopic (exact) mass is 528 g/mol. The molecule has 1 fully saturated rings. The maximum absolute atomic E-state index is 12.9. The van der Waals surface area contributed by atoms with Gasteiger partial charge in [-0.05, 0) is 69.3 Å². The smallest absolute Gasteiger partial charge is 0.265 e. The summed E-state index contributed by atoms with van der Waals surface area (Å²) in [5.41, 5.74) is 2.88. The number of amides is 2. The van der Waals surface area contributed by atoms with E-state index in [1.165, 1.54) is 30.6 Å². The molecule has 38 heavy (non-hydrogen) atoms. The number of pyridine rings is 2. The number of piperidine rings is 1. The molecule has 9 heteroatoms. The molecule has 3 aromatic heterocycles. The van der Waals surface area contributed by atoms with E-state index in [9.17, 15) is 9.59 Å². The van der Waals surface area contributed by atoms with Crippen molar-refractivity contribution in [3.63, 3.8) is 0 Å². The number of carbonyl (C=O) groups is 2. The van der Waals surface area contributed by atoms with Crippen LogP contribution >= 0.6 is 11.3 Å². The van der Waals surface area contributed by atoms with E-state index < -0.39 is 0 Å². The number of anilines is 2. The van der Waals surface area contributed by atoms with Crippen LogP contribution in [0.2, 0.25) is 0 Å². The molecule has 8 nitrogen and oxygen atoms in total. The van der Waals surface area contributed by atoms with Crippen LogP contribution in [0, 0.1) is 0 Å². The number of aromatic nitrogens is 2. The first-order valence-electron chi connectivity index (χ1n) is 13.1. The normalized spacial score (nSPS) is 13.8. The summed E-state index contributed by atoms with van der Waals surface area (Å²) >= 11 is 1.37. The lowest BCUT2D eigenvalue weighted by Crippen LogP contribution is -2.37. The maximum Gasteiger partial charge on any atom is 0.265 e. The molecule has 0 bridgehead atoms. The number of thiophene rings is 1. The Morgan fingerprint density at radius 1 is 1.00 bits per heavy atom. The zero-order chi connectivity index (χ0) is 26.3. The number of hydrogen-bond donors (Lipinski definition) is 3. The van der Waals surface area contributed by atoms with E-state index in [2.05, 4.69) is 25.8 Å². The second kappa shape index (κ2) is 12.1. The predicted molar refractivity (Wildman–Crippen MR) is 154 cm³/mol. The molecule has 0 unspecified atom stereocenters. The van der Waals surface area contributed by atoms with E-state index in [4.69, 9.17) is 4.98 Å². The number of hydrogen-bond acceptors (Lipinski definition) is 7. The second-order valence-corrected chi connectivity index (χ2v) is 10.4. The Kier molecular flexibility index (Phi) is 8.25. The summed E-state index contributed by atoms with van der Waals surface area (Å²) in [6, 6.07) is 16.9. The molecule has 0 radical (unpaired) electrons. The van der Waals surface area contributed by atoms with Crippen molar-refractivity contribution in [2.24, 2.45) is 0 Å². The van der Waals surface area contributed by atoms with Gasteiger partial charge < -0.3 is 20.9 Å². The number of likely N-dealkylation sites (tertiary alicyclic amines) is 1. The summed E-state index contributed by atoms with van der Waals surface area (Å²) in [5.74, 6) is 0.284. The molecule has 0 saturated carbocycles. The second-order valence-electron chi connectivity index (χ2n) is 9.32. The van der Waals surface area contributed by atoms with Gasteiger partial charge in [0.15, 0.2) is 0 Å². The molecule has 1 saturated heterocycles. The summed E-state index contributed by atoms with van der Waals surface area (Å²) < 4.78 is 0. The van der Waals surface area contributed by atoms with Crippen molar-refractivity contribution in [1.29, 1.82) is 0 Å². The molecule has 0 atom stereocenters. The van der Waals surface area contributed by atoms with Gasteiger partial charge in [0, 0.05) is 42.5 Å². The van der Waals surface area contributed by atoms with Crippen LogP contribution in [-0.4, -0.2) is 59.4 Å². The highest BCUT2D eigenvalue weighted by atomic mass is 32.1. The minimum atomic E-state index is -0.163. The highest BCUT2D eigenvalue weighted by molar-refractivity contribution is 7.20. The lowest BCUT2D eigenvalue weighted by Gasteiger charge is -2.26. The highest BCUT2D eigenvalue weighted by Crippen LogP contribution is 2.26. The van der Waals surface area contributed by atoms with Crippen LogP contribution in [0.15, 0.2) is 60.8 Å². The van der Waals surface area contributed by atoms with Crippen LogP contribution in [0.1, 0.15) is 46.2 Å². The summed E-state index contributed by atoms with van der Waals surface area (Å²) in [6.45, 7) is 6.35. The number of rotatable bonds is 9. The van der Waals surface area contributed by atoms with Gasteiger partial charge in [0.05, 0.1) is 16.1 Å². The van der Waals surface area contributed by atoms with Crippen LogP contribution < -0.4 is 16.0 Å². The van der Waals surface area contributed by atoms with E-state index in [1.54, 1.807) is 6.20 Å². The Bertz CT molecular complexity index is 1380. The van der Waals surface area contributed by atoms with E-state index in [0.29, 0.717) is 35.0 Å². The van der Waals surface area contributed by atoms with Crippen molar-refractivity contribution in [2.75, 3.05) is 43.4 Å². The lowest BCUT2D eigenvalue weighted by molar-refractivity contribution is 0.0946. The largest absolute Gasteiger partial charge is 0.370 e. The van der Waals surface area contributed by atoms with E-state index >= 15 is 0 Å². The molecule has 1 aliphatic rings. The quantitative estimate of drug-likeness (QED) is 0.274. The highest BCUT2D eigenvalue weighted by Gasteiger charge is 2.16. The van der Waals surface area contributed by atoms with Crippen LogP contribution in [0.5, 0.6) is 0 Å². The number of benzene rings is 1. The van der Waals surface area contributed by atoms with Gasteiger partial charge in [-0.1, -0.05) is 24.6 Å². The third-order valence-electron chi connectivity index (χ3n) is 6.60. The Labute approximate surface area is 226 Å². The van der Waals surface area contributed by atoms with Crippen LogP contribution in [0.4, 0.5) is 11.5 Å². The van der Waals surface area contributed by atoms with Crippen LogP contribution in [-0.2, 0) is 0 Å². The molecule has 1 aliphatic heterocycles. The number of nitrogens with one attached hydrogen (secondary N) is 3. The van der Waals surface area contributed by atoms with Crippen LogP contribution in [0.3, 0.4) is 0 Å². The van der Waals surface area contributed by atoms with Gasteiger partial charge in [0.1, 0.15) is 10.6 Å². The van der Waals surface area contributed by atoms with E-state index in [1.807, 2.05) is 61.5 Å². The average Bonchev–Trinajstić information content (AvgIpc) is 3.39. The standard InChI is InChI=1S/C29H32N6O2S/c1-2-30-26-23(27(36)31-15-18-35-16-4-3-5-17-35)12-13-24(34-26)20-8-10-22(11-9-20)33-28(37)25-19-21-7-6-14-32-29(21)38-25/h6-14,19H,2-5,15-18H2,1H3,(H,30,34)(H,31,36)(H,33,37). The van der Waals surface area contributed by atoms with Crippen molar-refractivity contribution in [1.82, 2.24) is 20.2 Å². The third-order valence-corrected chi connectivity index (χ3v) is 7.66. The predicted octanol–water partition coefficient (Wildman–Crippen LogP) is 5.26. The molecule has 3 N–H and O–H groups in total. The molecule has 4 heterocycles. The van der Waals surface area contributed by atoms with Gasteiger partial charge in [-0.15, -0.1) is 11.3 Å². The van der Waals surface area contributed by atoms with Crippen molar-refractivity contribution >= 4 is 44.9 Å². The summed E-state index contributed by atoms with van der Waals surface area (Å²) in [5, 5.41) is 10.2. The minimum absolute atomic E-state index is 0.119. The first-order chi connectivity index (χ1) is 18.6. The fourth-order valence-corrected chi connectivity index (χ4v) is 5.51. The topological polar surface area (TPSA) is 99.2 Å². The SMILES string of the molecule is CCNc1nc(-c2ccc(NC(=O)c3cc4cccnc4s3)cc2)ccc1C(=O)NCCN1CCCCC1. The molecule has 5 rings (SSSR count). The molecule has 4 aromatic rings. The third kappa shape index (κ3) is 6.17. The molecule has 0 aliphatic carbocycles. The summed E-state index contributed by atoms with van der Waals surface area (Å²) in [7, 11) is 0. The Morgan fingerprint density at radius 3 is 2.58 bits per heavy atom. The van der Waals surface area contributed by atoms with Crippen molar-refractivity contribution in [3.05, 3.63) is 71.2 Å². The Balaban J connectivity index is 1.23. The Hall–Kier alpha value is -3.82. The first kappa shape index (κ1) is 25.8. The Morgan fingerprint density at radius 2 is 1.82 bits per heavy atom. The van der Waals surface area contributed by atoms with Crippen LogP contribution in [0.25, 0.3) is 21.5 Å². The first-order valence-corrected chi connectivity index (χ1v) is 13.9. The fourth-order valence-electron chi connectivity index (χ4n) is 4.61. The summed E-state index contributed by atoms with van der Waals surface area (Å²) in [6.07, 6.45) is 5.50. The number of fused-ring (bicyclic) bond motifs is 1. The molecule has 0 spiro atoms. The minimum Gasteiger partial charge on any atom is -0.370 e. The van der Waals surface area contributed by atoms with E-state index in [-0.39, 0.29) is 11.8 Å². The molecule has 1 aromatic carbocycles. The van der Waals surface area contributed by atoms with Gasteiger partial charge in [0.25, 0.3) is 11.8 Å². The van der Waals surface area contributed by atoms with Crippen molar-refractivity contribution in [2.45, 2.75) is 26.2 Å². The van der Waals surface area contributed by atoms with E-state index in [0.717, 1.165) is 41.1 Å². The van der Waals surface area contributed by atoms with Crippen molar-refractivity contribution < 1.29 is 9.59 Å². The molecule has 196 valence electrons. The van der Waals surface area contributed by atoms with Gasteiger partial charge >= 0.3 is 0 Å². The molecule has 2 amide bonds. The lowest BCUT2D eigenvalue weighted by atomic mass is 10.1. The van der Waals surface area contributed by atoms with Crippen molar-refractivity contribution in [3.8, 4) is 11.3 Å². The molecular formula is C29H32N6O2S. The number of carbonyl (C=O) groups excluding carboxylic acids is 2. The zero-order valence-electron chi connectivity index (χ0n) is 21.5. The van der Waals surface area contributed by atoms with Gasteiger partial charge in [-0.2, -0.15) is 0 Å². The average molecular weight is 529 g/mol.